The van der Waals surface area contributed by atoms with Crippen LogP contribution in [0.5, 0.6) is 0 Å². The van der Waals surface area contributed by atoms with Gasteiger partial charge in [0.25, 0.3) is 0 Å². The molecule has 4 heteroatoms. The van der Waals surface area contributed by atoms with Crippen molar-refractivity contribution in [1.82, 2.24) is 5.32 Å². The van der Waals surface area contributed by atoms with Crippen molar-refractivity contribution in [3.63, 3.8) is 0 Å². The van der Waals surface area contributed by atoms with Gasteiger partial charge in [-0.25, -0.2) is 4.39 Å². The second-order valence-corrected chi connectivity index (χ2v) is 6.91. The van der Waals surface area contributed by atoms with Crippen molar-refractivity contribution in [2.75, 3.05) is 13.2 Å². The van der Waals surface area contributed by atoms with Crippen molar-refractivity contribution in [1.29, 1.82) is 0 Å². The molecule has 0 aromatic heterocycles. The van der Waals surface area contributed by atoms with Gasteiger partial charge in [0, 0.05) is 17.0 Å². The Labute approximate surface area is 110 Å². The summed E-state index contributed by atoms with van der Waals surface area (Å²) in [6.45, 7) is 13.5. The number of rotatable bonds is 6. The van der Waals surface area contributed by atoms with E-state index in [-0.39, 0.29) is 18.2 Å². The number of hydrogen-bond acceptors (Lipinski definition) is 3. The molecule has 0 heterocycles. The molecule has 0 amide bonds. The maximum absolute atomic E-state index is 13.6. The summed E-state index contributed by atoms with van der Waals surface area (Å²) in [7, 11) is 0. The molecule has 0 radical (unpaired) electrons. The van der Waals surface area contributed by atoms with Crippen LogP contribution in [0.1, 0.15) is 48.5 Å². The van der Waals surface area contributed by atoms with Gasteiger partial charge in [-0.2, -0.15) is 0 Å². The fraction of sp³-hybridized carbons (Fsp3) is 0.929. The van der Waals surface area contributed by atoms with E-state index in [1.807, 2.05) is 6.92 Å². The van der Waals surface area contributed by atoms with Crippen LogP contribution < -0.4 is 5.32 Å². The lowest BCUT2D eigenvalue weighted by Crippen LogP contribution is -2.44. The first kappa shape index (κ1) is 17.5. The number of ether oxygens (including phenoxy) is 1. The highest BCUT2D eigenvalue weighted by atomic mass is 19.1. The Balaban J connectivity index is 3.95. The van der Waals surface area contributed by atoms with Gasteiger partial charge in [0.1, 0.15) is 0 Å². The molecule has 0 bridgehead atoms. The Kier molecular flexibility index (Phi) is 6.44. The summed E-state index contributed by atoms with van der Waals surface area (Å²) < 4.78 is 18.8. The van der Waals surface area contributed by atoms with Gasteiger partial charge in [-0.1, -0.05) is 20.8 Å². The fourth-order valence-electron chi connectivity index (χ4n) is 1.67. The molecule has 3 nitrogen and oxygen atoms in total. The molecule has 0 aromatic carbocycles. The summed E-state index contributed by atoms with van der Waals surface area (Å²) in [5.41, 5.74) is -0.656. The number of carbonyl (C=O) groups is 1. The van der Waals surface area contributed by atoms with E-state index >= 15 is 0 Å². The van der Waals surface area contributed by atoms with Crippen LogP contribution in [0.2, 0.25) is 0 Å². The minimum absolute atomic E-state index is 0.000871. The van der Waals surface area contributed by atoms with Crippen LogP contribution in [0.15, 0.2) is 0 Å². The van der Waals surface area contributed by atoms with E-state index < -0.39 is 17.4 Å². The van der Waals surface area contributed by atoms with Crippen molar-refractivity contribution in [2.24, 2.45) is 5.41 Å². The molecule has 0 saturated carbocycles. The molecule has 0 aliphatic carbocycles. The van der Waals surface area contributed by atoms with Gasteiger partial charge in [-0.15, -0.1) is 0 Å². The lowest BCUT2D eigenvalue weighted by atomic mass is 9.88. The largest absolute Gasteiger partial charge is 0.376 e. The molecule has 1 N–H and O–H groups in total. The Morgan fingerprint density at radius 3 is 2.06 bits per heavy atom. The van der Waals surface area contributed by atoms with Gasteiger partial charge in [0.2, 0.25) is 0 Å². The molecule has 108 valence electrons. The average Bonchev–Trinajstić information content (AvgIpc) is 2.11. The zero-order valence-electron chi connectivity index (χ0n) is 12.8. The highest BCUT2D eigenvalue weighted by Gasteiger charge is 2.29. The van der Waals surface area contributed by atoms with Crippen molar-refractivity contribution in [2.45, 2.75) is 66.2 Å². The minimum atomic E-state index is -1.54. The van der Waals surface area contributed by atoms with Crippen molar-refractivity contribution in [3.05, 3.63) is 0 Å². The molecule has 0 aromatic rings. The zero-order valence-corrected chi connectivity index (χ0v) is 12.8. The fourth-order valence-corrected chi connectivity index (χ4v) is 1.67. The quantitative estimate of drug-likeness (QED) is 0.799. The standard InChI is InChI=1S/C14H28FNO2/c1-10(16-14(5,6)7)8-18-9-11(15)12(17)13(2,3)4/h10-11,16H,8-9H2,1-7H3/t10-,11+/m0/s1. The highest BCUT2D eigenvalue weighted by molar-refractivity contribution is 5.87. The molecular weight excluding hydrogens is 233 g/mol. The first-order valence-electron chi connectivity index (χ1n) is 6.47. The third kappa shape index (κ3) is 7.77. The van der Waals surface area contributed by atoms with Gasteiger partial charge in [0.05, 0.1) is 13.2 Å². The van der Waals surface area contributed by atoms with Crippen molar-refractivity contribution in [3.8, 4) is 0 Å². The van der Waals surface area contributed by atoms with E-state index in [0.29, 0.717) is 6.61 Å². The molecule has 0 fully saturated rings. The Bertz CT molecular complexity index is 266. The monoisotopic (exact) mass is 261 g/mol. The lowest BCUT2D eigenvalue weighted by Gasteiger charge is -2.26. The second-order valence-electron chi connectivity index (χ2n) is 6.91. The SMILES string of the molecule is C[C@@H](COC[C@@H](F)C(=O)C(C)(C)C)NC(C)(C)C. The molecule has 0 unspecified atom stereocenters. The van der Waals surface area contributed by atoms with E-state index in [4.69, 9.17) is 4.74 Å². The average molecular weight is 261 g/mol. The number of nitrogens with one attached hydrogen (secondary N) is 1. The predicted octanol–water partition coefficient (Wildman–Crippen LogP) is 2.73. The van der Waals surface area contributed by atoms with E-state index in [2.05, 4.69) is 26.1 Å². The van der Waals surface area contributed by atoms with Gasteiger partial charge in [-0.05, 0) is 27.7 Å². The molecule has 0 aliphatic heterocycles. The first-order chi connectivity index (χ1) is 7.93. The Morgan fingerprint density at radius 2 is 1.67 bits per heavy atom. The summed E-state index contributed by atoms with van der Waals surface area (Å²) in [5.74, 6) is -0.404. The number of halogens is 1. The summed E-state index contributed by atoms with van der Waals surface area (Å²) in [6.07, 6.45) is -1.54. The van der Waals surface area contributed by atoms with Crippen LogP contribution in [0.3, 0.4) is 0 Å². The van der Waals surface area contributed by atoms with Gasteiger partial charge < -0.3 is 10.1 Å². The van der Waals surface area contributed by atoms with E-state index in [1.54, 1.807) is 20.8 Å². The number of hydrogen-bond donors (Lipinski definition) is 1. The van der Waals surface area contributed by atoms with Crippen LogP contribution in [0, 0.1) is 5.41 Å². The number of ketones is 1. The third-order valence-electron chi connectivity index (χ3n) is 2.34. The maximum Gasteiger partial charge on any atom is 0.182 e. The van der Waals surface area contributed by atoms with Crippen LogP contribution in [0.4, 0.5) is 4.39 Å². The van der Waals surface area contributed by atoms with Gasteiger partial charge >= 0.3 is 0 Å². The van der Waals surface area contributed by atoms with Crippen LogP contribution in [-0.4, -0.2) is 36.7 Å². The normalized spacial score (nSPS) is 16.4. The summed E-state index contributed by atoms with van der Waals surface area (Å²) >= 11 is 0. The smallest absolute Gasteiger partial charge is 0.182 e. The van der Waals surface area contributed by atoms with Gasteiger partial charge in [0.15, 0.2) is 12.0 Å². The molecule has 0 saturated heterocycles. The van der Waals surface area contributed by atoms with E-state index in [0.717, 1.165) is 0 Å². The third-order valence-corrected chi connectivity index (χ3v) is 2.34. The summed E-state index contributed by atoms with van der Waals surface area (Å²) in [6, 6.07) is 0.127. The van der Waals surface area contributed by atoms with E-state index in [1.165, 1.54) is 0 Å². The maximum atomic E-state index is 13.6. The summed E-state index contributed by atoms with van der Waals surface area (Å²) in [4.78, 5) is 11.6. The van der Waals surface area contributed by atoms with Crippen LogP contribution >= 0.6 is 0 Å². The number of alkyl halides is 1. The number of Topliss-reactive ketones (excluding diaryl/α,β-unsaturated/α-hetero) is 1. The van der Waals surface area contributed by atoms with E-state index in [9.17, 15) is 9.18 Å². The first-order valence-corrected chi connectivity index (χ1v) is 6.47. The predicted molar refractivity (Wildman–Crippen MR) is 72.5 cm³/mol. The Hall–Kier alpha value is -0.480. The van der Waals surface area contributed by atoms with Gasteiger partial charge in [-0.3, -0.25) is 4.79 Å². The molecule has 0 aliphatic rings. The Morgan fingerprint density at radius 1 is 1.17 bits per heavy atom. The van der Waals surface area contributed by atoms with Crippen molar-refractivity contribution < 1.29 is 13.9 Å². The highest BCUT2D eigenvalue weighted by Crippen LogP contribution is 2.18. The zero-order chi connectivity index (χ0) is 14.6. The lowest BCUT2D eigenvalue weighted by molar-refractivity contribution is -0.133. The topological polar surface area (TPSA) is 38.3 Å². The molecule has 18 heavy (non-hydrogen) atoms. The minimum Gasteiger partial charge on any atom is -0.376 e. The molecular formula is C14H28FNO2. The molecule has 2 atom stereocenters. The molecule has 0 spiro atoms. The summed E-state index contributed by atoms with van der Waals surface area (Å²) in [5, 5.41) is 3.32. The van der Waals surface area contributed by atoms with Crippen molar-refractivity contribution >= 4 is 5.78 Å². The van der Waals surface area contributed by atoms with Crippen LogP contribution in [0.25, 0.3) is 0 Å². The second kappa shape index (κ2) is 6.62. The number of carbonyl (C=O) groups excluding carboxylic acids is 1. The van der Waals surface area contributed by atoms with Crippen LogP contribution in [-0.2, 0) is 9.53 Å². The molecule has 0 rings (SSSR count).